The van der Waals surface area contributed by atoms with Crippen LogP contribution >= 0.6 is 0 Å². The molecule has 0 aliphatic rings. The molecule has 0 atom stereocenters. The van der Waals surface area contributed by atoms with Gasteiger partial charge in [-0.25, -0.2) is 4.79 Å². The highest BCUT2D eigenvalue weighted by Crippen LogP contribution is 2.30. The summed E-state index contributed by atoms with van der Waals surface area (Å²) in [6, 6.07) is 8.70. The second-order valence-electron chi connectivity index (χ2n) is 7.22. The number of hydrogen-bond donors (Lipinski definition) is 2. The molecule has 2 aromatic carbocycles. The summed E-state index contributed by atoms with van der Waals surface area (Å²) in [4.78, 5) is 24.5. The number of fused-ring (bicyclic) bond motifs is 1. The third-order valence-corrected chi connectivity index (χ3v) is 3.79. The molecular weight excluding hydrogens is 364 g/mol. The smallest absolute Gasteiger partial charge is 0.344 e. The van der Waals surface area contributed by atoms with Gasteiger partial charge in [-0.05, 0) is 38.5 Å². The van der Waals surface area contributed by atoms with E-state index in [1.165, 1.54) is 30.5 Å². The summed E-state index contributed by atoms with van der Waals surface area (Å²) in [7, 11) is 0. The number of rotatable bonds is 4. The van der Waals surface area contributed by atoms with E-state index in [1.807, 2.05) is 0 Å². The Morgan fingerprint density at radius 3 is 2.43 bits per heavy atom. The van der Waals surface area contributed by atoms with E-state index in [4.69, 9.17) is 13.9 Å². The molecule has 1 heterocycles. The highest BCUT2D eigenvalue weighted by Gasteiger charge is 2.18. The van der Waals surface area contributed by atoms with Crippen LogP contribution in [-0.2, 0) is 9.53 Å². The highest BCUT2D eigenvalue weighted by atomic mass is 16.6. The Hall–Kier alpha value is -3.48. The van der Waals surface area contributed by atoms with Gasteiger partial charge in [-0.2, -0.15) is 0 Å². The Balaban J connectivity index is 1.90. The summed E-state index contributed by atoms with van der Waals surface area (Å²) in [5.41, 5.74) is -0.165. The van der Waals surface area contributed by atoms with Crippen molar-refractivity contribution in [3.63, 3.8) is 0 Å². The highest BCUT2D eigenvalue weighted by molar-refractivity contribution is 5.88. The van der Waals surface area contributed by atoms with E-state index in [2.05, 4.69) is 0 Å². The molecule has 0 bridgehead atoms. The van der Waals surface area contributed by atoms with Gasteiger partial charge in [0.2, 0.25) is 5.43 Å². The second kappa shape index (κ2) is 7.26. The van der Waals surface area contributed by atoms with Gasteiger partial charge in [0, 0.05) is 12.1 Å². The number of phenolic OH excluding ortho intramolecular Hbond substituents is 2. The maximum absolute atomic E-state index is 12.8. The summed E-state index contributed by atoms with van der Waals surface area (Å²) in [5.74, 6) is -0.651. The predicted octanol–water partition coefficient (Wildman–Crippen LogP) is 3.59. The molecule has 7 heteroatoms. The van der Waals surface area contributed by atoms with Crippen LogP contribution in [0.4, 0.5) is 0 Å². The Bertz CT molecular complexity index is 1070. The van der Waals surface area contributed by atoms with Crippen LogP contribution in [0.1, 0.15) is 20.8 Å². The van der Waals surface area contributed by atoms with Gasteiger partial charge >= 0.3 is 5.97 Å². The van der Waals surface area contributed by atoms with Gasteiger partial charge in [0.05, 0.1) is 5.56 Å². The van der Waals surface area contributed by atoms with Gasteiger partial charge in [0.25, 0.3) is 0 Å². The first-order chi connectivity index (χ1) is 13.1. The fraction of sp³-hybridized carbons (Fsp3) is 0.238. The van der Waals surface area contributed by atoms with E-state index in [0.29, 0.717) is 5.56 Å². The lowest BCUT2D eigenvalue weighted by Crippen LogP contribution is -2.27. The van der Waals surface area contributed by atoms with Gasteiger partial charge in [-0.1, -0.05) is 12.1 Å². The minimum Gasteiger partial charge on any atom is -0.508 e. The van der Waals surface area contributed by atoms with Gasteiger partial charge in [-0.3, -0.25) is 4.79 Å². The maximum Gasteiger partial charge on any atom is 0.344 e. The van der Waals surface area contributed by atoms with Gasteiger partial charge in [0.1, 0.15) is 40.1 Å². The summed E-state index contributed by atoms with van der Waals surface area (Å²) in [6.45, 7) is 4.88. The third-order valence-electron chi connectivity index (χ3n) is 3.79. The molecule has 0 aliphatic heterocycles. The lowest BCUT2D eigenvalue weighted by atomic mass is 10.0. The van der Waals surface area contributed by atoms with E-state index in [1.54, 1.807) is 32.9 Å². The van der Waals surface area contributed by atoms with Gasteiger partial charge in [-0.15, -0.1) is 0 Å². The average molecular weight is 384 g/mol. The van der Waals surface area contributed by atoms with Crippen LogP contribution in [0.15, 0.2) is 51.9 Å². The monoisotopic (exact) mass is 384 g/mol. The van der Waals surface area contributed by atoms with Gasteiger partial charge in [0.15, 0.2) is 6.61 Å². The molecule has 0 unspecified atom stereocenters. The Morgan fingerprint density at radius 1 is 1.11 bits per heavy atom. The van der Waals surface area contributed by atoms with E-state index >= 15 is 0 Å². The van der Waals surface area contributed by atoms with Crippen LogP contribution in [-0.4, -0.2) is 28.4 Å². The van der Waals surface area contributed by atoms with Crippen LogP contribution in [0, 0.1) is 0 Å². The zero-order valence-electron chi connectivity index (χ0n) is 15.7. The molecule has 0 spiro atoms. The number of benzene rings is 2. The summed E-state index contributed by atoms with van der Waals surface area (Å²) >= 11 is 0. The van der Waals surface area contributed by atoms with Crippen molar-refractivity contribution in [3.05, 3.63) is 52.9 Å². The van der Waals surface area contributed by atoms with E-state index in [0.717, 1.165) is 0 Å². The van der Waals surface area contributed by atoms with Crippen LogP contribution < -0.4 is 10.2 Å². The second-order valence-corrected chi connectivity index (χ2v) is 7.22. The van der Waals surface area contributed by atoms with Crippen molar-refractivity contribution in [2.45, 2.75) is 26.4 Å². The first-order valence-electron chi connectivity index (χ1n) is 8.56. The number of phenols is 2. The zero-order valence-corrected chi connectivity index (χ0v) is 15.7. The van der Waals surface area contributed by atoms with Crippen molar-refractivity contribution in [2.24, 2.45) is 0 Å². The largest absolute Gasteiger partial charge is 0.508 e. The minimum atomic E-state index is -0.636. The molecule has 28 heavy (non-hydrogen) atoms. The SMILES string of the molecule is CC(C)(C)OC(=O)COc1cc(O)c2c(=O)c(-c3ccc(O)cc3)coc2c1. The van der Waals surface area contributed by atoms with E-state index in [9.17, 15) is 19.8 Å². The fourth-order valence-corrected chi connectivity index (χ4v) is 2.64. The number of esters is 1. The minimum absolute atomic E-state index is 0.00445. The molecule has 0 radical (unpaired) electrons. The summed E-state index contributed by atoms with van der Waals surface area (Å²) in [5, 5.41) is 19.7. The third kappa shape index (κ3) is 4.25. The normalized spacial score (nSPS) is 11.4. The zero-order chi connectivity index (χ0) is 20.5. The molecule has 3 rings (SSSR count). The van der Waals surface area contributed by atoms with Gasteiger partial charge < -0.3 is 24.1 Å². The molecule has 0 saturated carbocycles. The molecule has 0 aliphatic carbocycles. The molecule has 7 nitrogen and oxygen atoms in total. The average Bonchev–Trinajstić information content (AvgIpc) is 2.59. The van der Waals surface area contributed by atoms with Crippen LogP contribution in [0.25, 0.3) is 22.1 Å². The number of aromatic hydroxyl groups is 2. The quantitative estimate of drug-likeness (QED) is 0.662. The van der Waals surface area contributed by atoms with Crippen molar-refractivity contribution < 1.29 is 28.9 Å². The molecule has 146 valence electrons. The molecule has 0 saturated heterocycles. The number of hydrogen-bond acceptors (Lipinski definition) is 7. The lowest BCUT2D eigenvalue weighted by molar-refractivity contribution is -0.157. The first-order valence-corrected chi connectivity index (χ1v) is 8.56. The van der Waals surface area contributed by atoms with Crippen molar-refractivity contribution in [1.29, 1.82) is 0 Å². The van der Waals surface area contributed by atoms with Crippen LogP contribution in [0.5, 0.6) is 17.2 Å². The Morgan fingerprint density at radius 2 is 1.79 bits per heavy atom. The molecule has 0 amide bonds. The number of carbonyl (C=O) groups excluding carboxylic acids is 1. The fourth-order valence-electron chi connectivity index (χ4n) is 2.64. The van der Waals surface area contributed by atoms with E-state index in [-0.39, 0.29) is 40.4 Å². The number of carbonyl (C=O) groups is 1. The van der Waals surface area contributed by atoms with Crippen LogP contribution in [0.2, 0.25) is 0 Å². The van der Waals surface area contributed by atoms with E-state index < -0.39 is 17.0 Å². The summed E-state index contributed by atoms with van der Waals surface area (Å²) < 4.78 is 16.0. The molecule has 1 aromatic heterocycles. The topological polar surface area (TPSA) is 106 Å². The van der Waals surface area contributed by atoms with Crippen molar-refractivity contribution in [3.8, 4) is 28.4 Å². The van der Waals surface area contributed by atoms with Crippen molar-refractivity contribution >= 4 is 16.9 Å². The molecule has 2 N–H and O–H groups in total. The summed E-state index contributed by atoms with van der Waals surface area (Å²) in [6.07, 6.45) is 1.27. The Kier molecular flexibility index (Phi) is 5.00. The molecule has 3 aromatic rings. The van der Waals surface area contributed by atoms with Crippen molar-refractivity contribution in [2.75, 3.05) is 6.61 Å². The number of ether oxygens (including phenoxy) is 2. The lowest BCUT2D eigenvalue weighted by Gasteiger charge is -2.19. The maximum atomic E-state index is 12.8. The van der Waals surface area contributed by atoms with Crippen molar-refractivity contribution in [1.82, 2.24) is 0 Å². The Labute approximate surface area is 160 Å². The first kappa shape index (κ1) is 19.3. The standard InChI is InChI=1S/C21H20O7/c1-21(2,3)28-18(24)11-26-14-8-16(23)19-17(9-14)27-10-15(20(19)25)12-4-6-13(22)7-5-12/h4-10,22-23H,11H2,1-3H3. The molecular formula is C21H20O7. The predicted molar refractivity (Wildman–Crippen MR) is 103 cm³/mol. The molecule has 0 fully saturated rings. The van der Waals surface area contributed by atoms with Crippen LogP contribution in [0.3, 0.4) is 0 Å².